The molecule has 0 saturated heterocycles. The van der Waals surface area contributed by atoms with Crippen LogP contribution in [0.25, 0.3) is 0 Å². The smallest absolute Gasteiger partial charge is 0.417 e. The molecule has 0 aromatic rings. The zero-order valence-corrected chi connectivity index (χ0v) is 7.60. The van der Waals surface area contributed by atoms with Gasteiger partial charge in [0.15, 0.2) is 0 Å². The van der Waals surface area contributed by atoms with Gasteiger partial charge in [0.2, 0.25) is 5.54 Å². The molecule has 0 aliphatic heterocycles. The molecule has 0 aliphatic carbocycles. The van der Waals surface area contributed by atoms with E-state index in [0.29, 0.717) is 0 Å². The van der Waals surface area contributed by atoms with Crippen LogP contribution in [0.4, 0.5) is 13.2 Å². The van der Waals surface area contributed by atoms with Crippen molar-refractivity contribution in [2.75, 3.05) is 13.7 Å². The van der Waals surface area contributed by atoms with Crippen LogP contribution in [0.15, 0.2) is 0 Å². The minimum Gasteiger partial charge on any atom is -0.480 e. The van der Waals surface area contributed by atoms with Crippen LogP contribution < -0.4 is 5.73 Å². The Morgan fingerprint density at radius 2 is 2.00 bits per heavy atom. The number of carboxylic acid groups (broad SMARTS) is 1. The van der Waals surface area contributed by atoms with Gasteiger partial charge in [-0.25, -0.2) is 4.79 Å². The molecule has 0 spiro atoms. The summed E-state index contributed by atoms with van der Waals surface area (Å²) in [7, 11) is 1.31. The van der Waals surface area contributed by atoms with Crippen LogP contribution in [-0.2, 0) is 9.53 Å². The number of halogens is 3. The molecule has 7 heteroatoms. The van der Waals surface area contributed by atoms with E-state index >= 15 is 0 Å². The number of alkyl halides is 3. The lowest BCUT2D eigenvalue weighted by Crippen LogP contribution is -2.59. The number of methoxy groups -OCH3 is 1. The molecule has 0 aromatic carbocycles. The van der Waals surface area contributed by atoms with E-state index in [2.05, 4.69) is 4.74 Å². The molecule has 0 aromatic heterocycles. The minimum atomic E-state index is -4.95. The third kappa shape index (κ3) is 2.85. The van der Waals surface area contributed by atoms with Crippen molar-refractivity contribution in [1.29, 1.82) is 0 Å². The van der Waals surface area contributed by atoms with Gasteiger partial charge in [-0.05, 0) is 12.8 Å². The summed E-state index contributed by atoms with van der Waals surface area (Å²) in [5.41, 5.74) is 1.60. The van der Waals surface area contributed by atoms with Crippen molar-refractivity contribution in [3.8, 4) is 0 Å². The summed E-state index contributed by atoms with van der Waals surface area (Å²) in [6, 6.07) is 0. The van der Waals surface area contributed by atoms with Gasteiger partial charge in [0, 0.05) is 13.7 Å². The van der Waals surface area contributed by atoms with Crippen molar-refractivity contribution in [2.45, 2.75) is 24.6 Å². The highest BCUT2D eigenvalue weighted by Crippen LogP contribution is 2.32. The van der Waals surface area contributed by atoms with E-state index in [0.717, 1.165) is 0 Å². The fourth-order valence-corrected chi connectivity index (χ4v) is 0.865. The van der Waals surface area contributed by atoms with Crippen LogP contribution in [0.1, 0.15) is 12.8 Å². The van der Waals surface area contributed by atoms with E-state index in [1.54, 1.807) is 0 Å². The first kappa shape index (κ1) is 13.2. The Morgan fingerprint density at radius 3 is 2.29 bits per heavy atom. The summed E-state index contributed by atoms with van der Waals surface area (Å²) in [6.45, 7) is 0.0440. The number of ether oxygens (including phenoxy) is 1. The first-order valence-electron chi connectivity index (χ1n) is 3.83. The number of carbonyl (C=O) groups is 1. The average Bonchev–Trinajstić information content (AvgIpc) is 2.02. The number of aliphatic carboxylic acids is 1. The van der Waals surface area contributed by atoms with Crippen LogP contribution >= 0.6 is 0 Å². The molecule has 0 fully saturated rings. The van der Waals surface area contributed by atoms with Gasteiger partial charge in [-0.2, -0.15) is 13.2 Å². The first-order valence-corrected chi connectivity index (χ1v) is 3.83. The highest BCUT2D eigenvalue weighted by Gasteiger charge is 2.57. The molecule has 4 nitrogen and oxygen atoms in total. The quantitative estimate of drug-likeness (QED) is 0.664. The van der Waals surface area contributed by atoms with Gasteiger partial charge in [-0.3, -0.25) is 0 Å². The van der Waals surface area contributed by atoms with Crippen molar-refractivity contribution in [1.82, 2.24) is 0 Å². The van der Waals surface area contributed by atoms with Crippen molar-refractivity contribution in [3.05, 3.63) is 0 Å². The number of hydrogen-bond donors (Lipinski definition) is 2. The molecular formula is C7H12F3NO3. The average molecular weight is 215 g/mol. The van der Waals surface area contributed by atoms with Gasteiger partial charge >= 0.3 is 12.1 Å². The molecule has 0 bridgehead atoms. The van der Waals surface area contributed by atoms with Crippen molar-refractivity contribution in [2.24, 2.45) is 5.73 Å². The predicted molar refractivity (Wildman–Crippen MR) is 41.7 cm³/mol. The number of nitrogens with two attached hydrogens (primary N) is 1. The molecule has 0 aliphatic rings. The Morgan fingerprint density at radius 1 is 1.50 bits per heavy atom. The van der Waals surface area contributed by atoms with Crippen molar-refractivity contribution >= 4 is 5.97 Å². The van der Waals surface area contributed by atoms with Crippen molar-refractivity contribution < 1.29 is 27.8 Å². The van der Waals surface area contributed by atoms with E-state index < -0.39 is 24.1 Å². The molecule has 1 atom stereocenters. The molecule has 0 radical (unpaired) electrons. The Hall–Kier alpha value is -0.820. The summed E-state index contributed by atoms with van der Waals surface area (Å²) in [5.74, 6) is -2.07. The van der Waals surface area contributed by atoms with E-state index in [-0.39, 0.29) is 13.0 Å². The lowest BCUT2D eigenvalue weighted by molar-refractivity contribution is -0.203. The fourth-order valence-electron chi connectivity index (χ4n) is 0.865. The highest BCUT2D eigenvalue weighted by molar-refractivity contribution is 5.79. The second-order valence-corrected chi connectivity index (χ2v) is 2.87. The summed E-state index contributed by atoms with van der Waals surface area (Å²) < 4.78 is 41.2. The van der Waals surface area contributed by atoms with E-state index in [4.69, 9.17) is 10.8 Å². The van der Waals surface area contributed by atoms with Gasteiger partial charge in [0.1, 0.15) is 0 Å². The molecule has 0 rings (SSSR count). The largest absolute Gasteiger partial charge is 0.480 e. The standard InChI is InChI=1S/C7H12F3NO3/c1-14-4-2-3-6(11,5(12)13)7(8,9)10/h2-4,11H2,1H3,(H,12,13)/t6-/m1/s1. The third-order valence-electron chi connectivity index (χ3n) is 1.81. The number of carboxylic acids is 1. The van der Waals surface area contributed by atoms with Gasteiger partial charge in [0.25, 0.3) is 0 Å². The Bertz CT molecular complexity index is 207. The molecule has 0 heterocycles. The normalized spacial score (nSPS) is 16.4. The molecule has 14 heavy (non-hydrogen) atoms. The molecule has 0 unspecified atom stereocenters. The van der Waals surface area contributed by atoms with Crippen LogP contribution in [0.3, 0.4) is 0 Å². The molecule has 0 saturated carbocycles. The minimum absolute atomic E-state index is 0.0440. The second kappa shape index (κ2) is 4.61. The Labute approximate surface area is 78.8 Å². The van der Waals surface area contributed by atoms with Crippen LogP contribution in [0, 0.1) is 0 Å². The molecule has 3 N–H and O–H groups in total. The lowest BCUT2D eigenvalue weighted by Gasteiger charge is -2.27. The van der Waals surface area contributed by atoms with Gasteiger partial charge in [-0.15, -0.1) is 0 Å². The van der Waals surface area contributed by atoms with E-state index in [1.165, 1.54) is 7.11 Å². The summed E-state index contributed by atoms with van der Waals surface area (Å²) in [4.78, 5) is 10.4. The third-order valence-corrected chi connectivity index (χ3v) is 1.81. The molecule has 84 valence electrons. The monoisotopic (exact) mass is 215 g/mol. The topological polar surface area (TPSA) is 72.5 Å². The zero-order chi connectivity index (χ0) is 11.4. The SMILES string of the molecule is COCCC[C@@](N)(C(=O)O)C(F)(F)F. The van der Waals surface area contributed by atoms with Gasteiger partial charge < -0.3 is 15.6 Å². The maximum absolute atomic E-state index is 12.2. The fraction of sp³-hybridized carbons (Fsp3) is 0.857. The summed E-state index contributed by atoms with van der Waals surface area (Å²) >= 11 is 0. The van der Waals surface area contributed by atoms with Crippen LogP contribution in [0.2, 0.25) is 0 Å². The highest BCUT2D eigenvalue weighted by atomic mass is 19.4. The molecule has 0 amide bonds. The number of hydrogen-bond acceptors (Lipinski definition) is 3. The summed E-state index contributed by atoms with van der Waals surface area (Å²) in [6.07, 6.45) is -5.70. The van der Waals surface area contributed by atoms with Crippen molar-refractivity contribution in [3.63, 3.8) is 0 Å². The Kier molecular flexibility index (Phi) is 4.34. The second-order valence-electron chi connectivity index (χ2n) is 2.87. The predicted octanol–water partition coefficient (Wildman–Crippen LogP) is 0.757. The van der Waals surface area contributed by atoms with E-state index in [9.17, 15) is 18.0 Å². The summed E-state index contributed by atoms with van der Waals surface area (Å²) in [5, 5.41) is 8.38. The maximum atomic E-state index is 12.2. The molecular weight excluding hydrogens is 203 g/mol. The maximum Gasteiger partial charge on any atom is 0.417 e. The van der Waals surface area contributed by atoms with Crippen LogP contribution in [-0.4, -0.2) is 36.5 Å². The van der Waals surface area contributed by atoms with Crippen LogP contribution in [0.5, 0.6) is 0 Å². The zero-order valence-electron chi connectivity index (χ0n) is 7.60. The Balaban J connectivity index is 4.50. The lowest BCUT2D eigenvalue weighted by atomic mass is 9.94. The van der Waals surface area contributed by atoms with Gasteiger partial charge in [0.05, 0.1) is 0 Å². The first-order chi connectivity index (χ1) is 6.25. The van der Waals surface area contributed by atoms with Gasteiger partial charge in [-0.1, -0.05) is 0 Å². The number of rotatable bonds is 5. The van der Waals surface area contributed by atoms with E-state index in [1.807, 2.05) is 0 Å².